The first-order chi connectivity index (χ1) is 21.5. The molecule has 0 spiro atoms. The SMILES string of the molecule is CCCCCCCCCCCCCCCC=CC=CC(=O)O.CCCCCCCCCCCCCCCCCCCC(=O)O. The first-order valence-electron chi connectivity index (χ1n) is 19.3. The van der Waals surface area contributed by atoms with Crippen molar-refractivity contribution < 1.29 is 19.8 Å². The second-order valence-electron chi connectivity index (χ2n) is 13.0. The molecule has 2 N–H and O–H groups in total. The van der Waals surface area contributed by atoms with Gasteiger partial charge in [0.25, 0.3) is 0 Å². The van der Waals surface area contributed by atoms with Crippen LogP contribution >= 0.6 is 0 Å². The number of carbonyl (C=O) groups is 2. The van der Waals surface area contributed by atoms with Gasteiger partial charge in [0, 0.05) is 12.5 Å². The fourth-order valence-corrected chi connectivity index (χ4v) is 5.59. The third kappa shape index (κ3) is 47.4. The van der Waals surface area contributed by atoms with Crippen molar-refractivity contribution in [1.82, 2.24) is 0 Å². The van der Waals surface area contributed by atoms with Crippen molar-refractivity contribution in [2.24, 2.45) is 0 Å². The van der Waals surface area contributed by atoms with E-state index in [4.69, 9.17) is 10.2 Å². The number of carboxylic acids is 2. The highest BCUT2D eigenvalue weighted by molar-refractivity contribution is 5.80. The lowest BCUT2D eigenvalue weighted by atomic mass is 10.0. The van der Waals surface area contributed by atoms with Gasteiger partial charge in [-0.1, -0.05) is 212 Å². The molecule has 0 unspecified atom stereocenters. The Morgan fingerprint density at radius 3 is 1.00 bits per heavy atom. The Hall–Kier alpha value is -1.58. The molecular formula is C40H76O4. The average Bonchev–Trinajstić information content (AvgIpc) is 3.00. The standard InChI is InChI=1S/C20H40O2.C20H36O2/c2*1-2-3-4-5-6-7-8-9-10-11-12-13-14-15-16-17-18-19-20(21)22/h2-19H2,1H3,(H,21,22);16-19H,2-15H2,1H3,(H,21,22). The summed E-state index contributed by atoms with van der Waals surface area (Å²) in [5.74, 6) is -1.54. The molecule has 0 heterocycles. The van der Waals surface area contributed by atoms with Gasteiger partial charge in [-0.05, 0) is 19.3 Å². The Morgan fingerprint density at radius 1 is 0.409 bits per heavy atom. The van der Waals surface area contributed by atoms with E-state index in [1.54, 1.807) is 6.08 Å². The van der Waals surface area contributed by atoms with E-state index in [1.165, 1.54) is 186 Å². The number of hydrogen-bond acceptors (Lipinski definition) is 2. The summed E-state index contributed by atoms with van der Waals surface area (Å²) in [7, 11) is 0. The van der Waals surface area contributed by atoms with Crippen molar-refractivity contribution in [3.05, 3.63) is 24.3 Å². The lowest BCUT2D eigenvalue weighted by Gasteiger charge is -2.03. The third-order valence-corrected chi connectivity index (χ3v) is 8.45. The summed E-state index contributed by atoms with van der Waals surface area (Å²) in [5, 5.41) is 17.0. The lowest BCUT2D eigenvalue weighted by molar-refractivity contribution is -0.137. The molecule has 0 aromatic carbocycles. The minimum atomic E-state index is -0.884. The molecule has 0 atom stereocenters. The second kappa shape index (κ2) is 41.4. The zero-order valence-electron chi connectivity index (χ0n) is 29.6. The van der Waals surface area contributed by atoms with Crippen molar-refractivity contribution in [3.63, 3.8) is 0 Å². The molecule has 4 nitrogen and oxygen atoms in total. The summed E-state index contributed by atoms with van der Waals surface area (Å²) in [6.45, 7) is 4.55. The van der Waals surface area contributed by atoms with E-state index >= 15 is 0 Å². The second-order valence-corrected chi connectivity index (χ2v) is 13.0. The maximum atomic E-state index is 10.4. The van der Waals surface area contributed by atoms with Gasteiger partial charge in [-0.3, -0.25) is 4.79 Å². The van der Waals surface area contributed by atoms with E-state index in [-0.39, 0.29) is 0 Å². The van der Waals surface area contributed by atoms with Gasteiger partial charge < -0.3 is 10.2 Å². The average molecular weight is 621 g/mol. The zero-order valence-corrected chi connectivity index (χ0v) is 29.6. The summed E-state index contributed by atoms with van der Waals surface area (Å²) in [6.07, 6.45) is 48.8. The molecule has 0 fully saturated rings. The van der Waals surface area contributed by atoms with Crippen LogP contribution in [0.25, 0.3) is 0 Å². The van der Waals surface area contributed by atoms with Gasteiger partial charge in [-0.2, -0.15) is 0 Å². The molecule has 0 aromatic heterocycles. The number of hydrogen-bond donors (Lipinski definition) is 2. The molecule has 4 heteroatoms. The number of allylic oxidation sites excluding steroid dienone is 3. The highest BCUT2D eigenvalue weighted by Crippen LogP contribution is 2.15. The van der Waals surface area contributed by atoms with E-state index in [9.17, 15) is 9.59 Å². The highest BCUT2D eigenvalue weighted by atomic mass is 16.4. The van der Waals surface area contributed by atoms with E-state index in [0.29, 0.717) is 6.42 Å². The minimum absolute atomic E-state index is 0.346. The molecule has 0 amide bonds. The van der Waals surface area contributed by atoms with Crippen LogP contribution in [0, 0.1) is 0 Å². The summed E-state index contributed by atoms with van der Waals surface area (Å²) in [4.78, 5) is 20.6. The molecule has 0 rings (SSSR count). The molecule has 0 bridgehead atoms. The van der Waals surface area contributed by atoms with Crippen LogP contribution in [0.5, 0.6) is 0 Å². The molecule has 0 saturated heterocycles. The quantitative estimate of drug-likeness (QED) is 0.0426. The first-order valence-corrected chi connectivity index (χ1v) is 19.3. The number of unbranched alkanes of at least 4 members (excludes halogenated alkanes) is 29. The predicted molar refractivity (Wildman–Crippen MR) is 193 cm³/mol. The van der Waals surface area contributed by atoms with Crippen molar-refractivity contribution in [3.8, 4) is 0 Å². The summed E-state index contributed by atoms with van der Waals surface area (Å²) >= 11 is 0. The zero-order chi connectivity index (χ0) is 32.6. The molecule has 0 radical (unpaired) electrons. The highest BCUT2D eigenvalue weighted by Gasteiger charge is 1.97. The normalized spacial score (nSPS) is 11.3. The van der Waals surface area contributed by atoms with Crippen LogP contribution in [0.4, 0.5) is 0 Å². The van der Waals surface area contributed by atoms with Crippen LogP contribution < -0.4 is 0 Å². The molecule has 0 aliphatic carbocycles. The van der Waals surface area contributed by atoms with Crippen molar-refractivity contribution in [2.75, 3.05) is 0 Å². The van der Waals surface area contributed by atoms with Gasteiger partial charge in [0.2, 0.25) is 0 Å². The maximum Gasteiger partial charge on any atom is 0.328 e. The molecule has 0 aromatic rings. The summed E-state index contributed by atoms with van der Waals surface area (Å²) < 4.78 is 0. The van der Waals surface area contributed by atoms with E-state index < -0.39 is 11.9 Å². The topological polar surface area (TPSA) is 74.6 Å². The van der Waals surface area contributed by atoms with E-state index in [1.807, 2.05) is 6.08 Å². The monoisotopic (exact) mass is 621 g/mol. The van der Waals surface area contributed by atoms with Crippen LogP contribution in [-0.2, 0) is 9.59 Å². The Balaban J connectivity index is 0. The Bertz CT molecular complexity index is 625. The van der Waals surface area contributed by atoms with Gasteiger partial charge in [0.05, 0.1) is 0 Å². The van der Waals surface area contributed by atoms with Crippen LogP contribution in [0.2, 0.25) is 0 Å². The molecule has 260 valence electrons. The van der Waals surface area contributed by atoms with Crippen molar-refractivity contribution in [1.29, 1.82) is 0 Å². The van der Waals surface area contributed by atoms with E-state index in [0.717, 1.165) is 19.3 Å². The van der Waals surface area contributed by atoms with Crippen molar-refractivity contribution >= 4 is 11.9 Å². The van der Waals surface area contributed by atoms with Gasteiger partial charge >= 0.3 is 11.9 Å². The maximum absolute atomic E-state index is 10.4. The van der Waals surface area contributed by atoms with Gasteiger partial charge in [-0.25, -0.2) is 4.79 Å². The summed E-state index contributed by atoms with van der Waals surface area (Å²) in [6, 6.07) is 0. The third-order valence-electron chi connectivity index (χ3n) is 8.45. The fraction of sp³-hybridized carbons (Fsp3) is 0.850. The van der Waals surface area contributed by atoms with Crippen LogP contribution in [0.3, 0.4) is 0 Å². The Morgan fingerprint density at radius 2 is 0.705 bits per heavy atom. The van der Waals surface area contributed by atoms with Gasteiger partial charge in [-0.15, -0.1) is 0 Å². The van der Waals surface area contributed by atoms with Gasteiger partial charge in [0.1, 0.15) is 0 Å². The molecule has 44 heavy (non-hydrogen) atoms. The molecule has 0 saturated carbocycles. The predicted octanol–water partition coefficient (Wildman–Crippen LogP) is 13.8. The Kier molecular flexibility index (Phi) is 41.9. The smallest absolute Gasteiger partial charge is 0.328 e. The Labute approximate surface area is 275 Å². The fourth-order valence-electron chi connectivity index (χ4n) is 5.59. The van der Waals surface area contributed by atoms with Gasteiger partial charge in [0.15, 0.2) is 0 Å². The summed E-state index contributed by atoms with van der Waals surface area (Å²) in [5.41, 5.74) is 0. The molecule has 0 aliphatic rings. The number of rotatable bonds is 34. The molecule has 0 aliphatic heterocycles. The van der Waals surface area contributed by atoms with Crippen LogP contribution in [0.15, 0.2) is 24.3 Å². The molecular weight excluding hydrogens is 544 g/mol. The lowest BCUT2D eigenvalue weighted by Crippen LogP contribution is -1.93. The van der Waals surface area contributed by atoms with Crippen molar-refractivity contribution in [2.45, 2.75) is 219 Å². The van der Waals surface area contributed by atoms with Crippen LogP contribution in [0.1, 0.15) is 219 Å². The number of aliphatic carboxylic acids is 2. The number of carboxylic acid groups (broad SMARTS) is 2. The largest absolute Gasteiger partial charge is 0.481 e. The van der Waals surface area contributed by atoms with E-state index in [2.05, 4.69) is 19.9 Å². The first kappa shape index (κ1) is 44.5. The minimum Gasteiger partial charge on any atom is -0.481 e. The van der Waals surface area contributed by atoms with Crippen LogP contribution in [-0.4, -0.2) is 22.2 Å².